The predicted molar refractivity (Wildman–Crippen MR) is 146 cm³/mol. The van der Waals surface area contributed by atoms with Gasteiger partial charge in [0, 0.05) is 24.5 Å². The summed E-state index contributed by atoms with van der Waals surface area (Å²) in [7, 11) is 0. The summed E-state index contributed by atoms with van der Waals surface area (Å²) in [4.78, 5) is 44.4. The highest BCUT2D eigenvalue weighted by atomic mass is 16.5. The number of amides is 1. The van der Waals surface area contributed by atoms with E-state index in [2.05, 4.69) is 4.98 Å². The van der Waals surface area contributed by atoms with Crippen LogP contribution in [-0.2, 0) is 20.9 Å². The van der Waals surface area contributed by atoms with Crippen LogP contribution in [0.15, 0.2) is 78.6 Å². The lowest BCUT2D eigenvalue weighted by atomic mass is 9.96. The van der Waals surface area contributed by atoms with E-state index in [4.69, 9.17) is 9.47 Å². The molecule has 1 aliphatic rings. The fraction of sp³-hybridized carbons (Fsp3) is 0.290. The summed E-state index contributed by atoms with van der Waals surface area (Å²) in [6.45, 7) is 6.90. The number of ketones is 1. The smallest absolute Gasteiger partial charge is 0.338 e. The number of esters is 1. The van der Waals surface area contributed by atoms with Gasteiger partial charge in [0.05, 0.1) is 30.4 Å². The molecule has 1 fully saturated rings. The van der Waals surface area contributed by atoms with Crippen molar-refractivity contribution in [2.24, 2.45) is 5.92 Å². The van der Waals surface area contributed by atoms with Crippen molar-refractivity contribution in [2.45, 2.75) is 39.8 Å². The number of Topliss-reactive ketones (excluding diaryl/α,β-unsaturated/α-hetero) is 1. The molecule has 2 heterocycles. The van der Waals surface area contributed by atoms with Gasteiger partial charge in [-0.15, -0.1) is 0 Å². The standard InChI is InChI=1S/C31H32N2O6/c1-4-15-38-31(37)22-12-10-21(11-13-22)18-33-27(24-8-6-14-32-17-24)26(29(35)30(33)36)28(34)23-7-5-9-25(16-23)39-19-20(2)3/h5-14,16-17,20,27,34H,4,15,18-19H2,1-3H3/b28-26+. The summed E-state index contributed by atoms with van der Waals surface area (Å²) >= 11 is 0. The van der Waals surface area contributed by atoms with Crippen LogP contribution in [0.1, 0.15) is 60.3 Å². The van der Waals surface area contributed by atoms with Crippen LogP contribution in [0.2, 0.25) is 0 Å². The minimum atomic E-state index is -0.854. The first-order valence-corrected chi connectivity index (χ1v) is 13.0. The lowest BCUT2D eigenvalue weighted by molar-refractivity contribution is -0.140. The van der Waals surface area contributed by atoms with Gasteiger partial charge < -0.3 is 19.5 Å². The van der Waals surface area contributed by atoms with Gasteiger partial charge in [-0.2, -0.15) is 0 Å². The van der Waals surface area contributed by atoms with Gasteiger partial charge in [0.25, 0.3) is 11.7 Å². The molecular weight excluding hydrogens is 496 g/mol. The molecule has 1 amide bonds. The van der Waals surface area contributed by atoms with Gasteiger partial charge in [0.2, 0.25) is 0 Å². The monoisotopic (exact) mass is 528 g/mol. The number of pyridine rings is 1. The fourth-order valence-electron chi connectivity index (χ4n) is 4.30. The minimum absolute atomic E-state index is 0.0197. The summed E-state index contributed by atoms with van der Waals surface area (Å²) in [6.07, 6.45) is 3.90. The number of benzene rings is 2. The summed E-state index contributed by atoms with van der Waals surface area (Å²) < 4.78 is 11.0. The number of likely N-dealkylation sites (tertiary alicyclic amines) is 1. The first-order valence-electron chi connectivity index (χ1n) is 13.0. The molecule has 1 atom stereocenters. The predicted octanol–water partition coefficient (Wildman–Crippen LogP) is 5.31. The molecule has 1 saturated heterocycles. The zero-order chi connectivity index (χ0) is 27.9. The number of ether oxygens (including phenoxy) is 2. The van der Waals surface area contributed by atoms with Gasteiger partial charge in [0.1, 0.15) is 11.5 Å². The Labute approximate surface area is 227 Å². The number of hydrogen-bond acceptors (Lipinski definition) is 7. The highest BCUT2D eigenvalue weighted by Crippen LogP contribution is 2.40. The number of aliphatic hydroxyl groups is 1. The number of carbonyl (C=O) groups is 3. The summed E-state index contributed by atoms with van der Waals surface area (Å²) in [5.74, 6) is -1.35. The Kier molecular flexibility index (Phi) is 8.76. The Morgan fingerprint density at radius 1 is 1.05 bits per heavy atom. The lowest BCUT2D eigenvalue weighted by Crippen LogP contribution is -2.29. The molecule has 1 aliphatic heterocycles. The number of carbonyl (C=O) groups excluding carboxylic acids is 3. The maximum absolute atomic E-state index is 13.3. The summed E-state index contributed by atoms with van der Waals surface area (Å²) in [6, 6.07) is 16.2. The van der Waals surface area contributed by atoms with Crippen molar-refractivity contribution in [3.63, 3.8) is 0 Å². The van der Waals surface area contributed by atoms with Crippen LogP contribution in [0.3, 0.4) is 0 Å². The van der Waals surface area contributed by atoms with E-state index in [1.54, 1.807) is 73.1 Å². The molecule has 0 saturated carbocycles. The normalized spacial score (nSPS) is 16.5. The third-order valence-electron chi connectivity index (χ3n) is 6.21. The number of nitrogens with zero attached hydrogens (tertiary/aromatic N) is 2. The molecule has 3 aromatic rings. The number of rotatable bonds is 10. The topological polar surface area (TPSA) is 106 Å². The quantitative estimate of drug-likeness (QED) is 0.165. The van der Waals surface area contributed by atoms with Gasteiger partial charge in [-0.3, -0.25) is 14.6 Å². The molecule has 0 radical (unpaired) electrons. The van der Waals surface area contributed by atoms with Crippen molar-refractivity contribution >= 4 is 23.4 Å². The molecule has 8 nitrogen and oxygen atoms in total. The molecule has 0 spiro atoms. The van der Waals surface area contributed by atoms with Crippen molar-refractivity contribution in [3.8, 4) is 5.75 Å². The van der Waals surface area contributed by atoms with Crippen LogP contribution < -0.4 is 4.74 Å². The maximum atomic E-state index is 13.3. The largest absolute Gasteiger partial charge is 0.507 e. The number of aliphatic hydroxyl groups excluding tert-OH is 1. The molecular formula is C31H32N2O6. The Balaban J connectivity index is 1.69. The van der Waals surface area contributed by atoms with Crippen molar-refractivity contribution in [1.29, 1.82) is 0 Å². The average molecular weight is 529 g/mol. The van der Waals surface area contributed by atoms with Crippen LogP contribution in [-0.4, -0.2) is 45.9 Å². The zero-order valence-corrected chi connectivity index (χ0v) is 22.3. The second-order valence-electron chi connectivity index (χ2n) is 9.78. The van der Waals surface area contributed by atoms with Gasteiger partial charge in [-0.05, 0) is 53.8 Å². The second-order valence-corrected chi connectivity index (χ2v) is 9.78. The molecule has 8 heteroatoms. The van der Waals surface area contributed by atoms with E-state index in [0.29, 0.717) is 47.1 Å². The number of hydrogen-bond donors (Lipinski definition) is 1. The van der Waals surface area contributed by atoms with Crippen molar-refractivity contribution in [3.05, 3.63) is 101 Å². The first-order chi connectivity index (χ1) is 18.8. The SMILES string of the molecule is CCCOC(=O)c1ccc(CN2C(=O)C(=O)/C(=C(/O)c3cccc(OCC(C)C)c3)C2c2cccnc2)cc1. The van der Waals surface area contributed by atoms with E-state index in [0.717, 1.165) is 6.42 Å². The lowest BCUT2D eigenvalue weighted by Gasteiger charge is -2.25. The van der Waals surface area contributed by atoms with Crippen LogP contribution in [0.5, 0.6) is 5.75 Å². The first kappa shape index (κ1) is 27.6. The Bertz CT molecular complexity index is 1370. The van der Waals surface area contributed by atoms with E-state index in [-0.39, 0.29) is 17.9 Å². The number of aromatic nitrogens is 1. The molecule has 1 aromatic heterocycles. The molecule has 1 unspecified atom stereocenters. The van der Waals surface area contributed by atoms with Crippen LogP contribution in [0.25, 0.3) is 5.76 Å². The zero-order valence-electron chi connectivity index (χ0n) is 22.3. The fourth-order valence-corrected chi connectivity index (χ4v) is 4.30. The third-order valence-corrected chi connectivity index (χ3v) is 6.21. The third kappa shape index (κ3) is 6.34. The van der Waals surface area contributed by atoms with Crippen LogP contribution in [0.4, 0.5) is 0 Å². The molecule has 1 N–H and O–H groups in total. The van der Waals surface area contributed by atoms with Gasteiger partial charge in [-0.25, -0.2) is 4.79 Å². The Morgan fingerprint density at radius 3 is 2.49 bits per heavy atom. The molecule has 4 rings (SSSR count). The minimum Gasteiger partial charge on any atom is -0.507 e. The van der Waals surface area contributed by atoms with Crippen molar-refractivity contribution in [2.75, 3.05) is 13.2 Å². The van der Waals surface area contributed by atoms with Crippen LogP contribution >= 0.6 is 0 Å². The van der Waals surface area contributed by atoms with Crippen molar-refractivity contribution < 1.29 is 29.0 Å². The van der Waals surface area contributed by atoms with E-state index >= 15 is 0 Å². The summed E-state index contributed by atoms with van der Waals surface area (Å²) in [5, 5.41) is 11.3. The van der Waals surface area contributed by atoms with Gasteiger partial charge in [0.15, 0.2) is 0 Å². The maximum Gasteiger partial charge on any atom is 0.338 e. The molecule has 2 aromatic carbocycles. The summed E-state index contributed by atoms with van der Waals surface area (Å²) in [5.41, 5.74) is 2.05. The van der Waals surface area contributed by atoms with E-state index in [1.807, 2.05) is 20.8 Å². The van der Waals surface area contributed by atoms with E-state index in [9.17, 15) is 19.5 Å². The van der Waals surface area contributed by atoms with Crippen LogP contribution in [0, 0.1) is 5.92 Å². The highest BCUT2D eigenvalue weighted by Gasteiger charge is 2.46. The van der Waals surface area contributed by atoms with E-state index < -0.39 is 23.7 Å². The van der Waals surface area contributed by atoms with Gasteiger partial charge in [-0.1, -0.05) is 51.1 Å². The Morgan fingerprint density at radius 2 is 1.82 bits per heavy atom. The molecule has 0 bridgehead atoms. The van der Waals surface area contributed by atoms with Crippen molar-refractivity contribution in [1.82, 2.24) is 9.88 Å². The second kappa shape index (κ2) is 12.4. The molecule has 0 aliphatic carbocycles. The van der Waals surface area contributed by atoms with E-state index in [1.165, 1.54) is 4.90 Å². The Hall–Kier alpha value is -4.46. The average Bonchev–Trinajstić information content (AvgIpc) is 3.20. The molecule has 39 heavy (non-hydrogen) atoms. The highest BCUT2D eigenvalue weighted by molar-refractivity contribution is 6.46. The molecule has 202 valence electrons. The van der Waals surface area contributed by atoms with Gasteiger partial charge >= 0.3 is 5.97 Å².